The third-order valence-corrected chi connectivity index (χ3v) is 12.4. The van der Waals surface area contributed by atoms with E-state index in [2.05, 4.69) is 4.90 Å². The molecule has 19 atom stereocenters. The van der Waals surface area contributed by atoms with Gasteiger partial charge in [-0.2, -0.15) is 0 Å². The van der Waals surface area contributed by atoms with Crippen molar-refractivity contribution in [2.75, 3.05) is 35.3 Å². The highest BCUT2D eigenvalue weighted by Gasteiger charge is 2.52. The van der Waals surface area contributed by atoms with Gasteiger partial charge < -0.3 is 72.9 Å². The fourth-order valence-corrected chi connectivity index (χ4v) is 9.10. The molecule has 4 N–H and O–H groups in total. The molecule has 16 nitrogen and oxygen atoms in total. The van der Waals surface area contributed by atoms with E-state index < -0.39 is 110 Å². The van der Waals surface area contributed by atoms with Crippen molar-refractivity contribution in [2.45, 2.75) is 190 Å². The van der Waals surface area contributed by atoms with Gasteiger partial charge in [0.15, 0.2) is 18.9 Å². The third-order valence-electron chi connectivity index (χ3n) is 12.4. The lowest BCUT2D eigenvalue weighted by atomic mass is 9.82. The molecule has 0 radical (unpaired) electrons. The summed E-state index contributed by atoms with van der Waals surface area (Å²) in [5, 5.41) is 45.1. The quantitative estimate of drug-likeness (QED) is 0.175. The van der Waals surface area contributed by atoms with Crippen LogP contribution in [0.25, 0.3) is 0 Å². The zero-order chi connectivity index (χ0) is 43.8. The van der Waals surface area contributed by atoms with E-state index in [1.165, 1.54) is 14.0 Å². The Morgan fingerprint density at radius 1 is 0.864 bits per heavy atom. The van der Waals surface area contributed by atoms with Gasteiger partial charge in [-0.25, -0.2) is 0 Å². The molecule has 3 fully saturated rings. The van der Waals surface area contributed by atoms with Crippen LogP contribution in [-0.2, 0) is 47.5 Å². The minimum absolute atomic E-state index is 0.00885. The Balaban J connectivity index is 1.66. The monoisotopic (exact) mass is 843 g/mol. The first-order valence-corrected chi connectivity index (χ1v) is 21.3. The van der Waals surface area contributed by atoms with Gasteiger partial charge in [-0.15, -0.1) is 0 Å². The van der Waals surface area contributed by atoms with Crippen LogP contribution >= 0.6 is 0 Å². The van der Waals surface area contributed by atoms with Gasteiger partial charge >= 0.3 is 5.97 Å². The van der Waals surface area contributed by atoms with Gasteiger partial charge in [0.25, 0.3) is 0 Å². The highest BCUT2D eigenvalue weighted by molar-refractivity contribution is 5.70. The van der Waals surface area contributed by atoms with Gasteiger partial charge in [-0.3, -0.25) is 4.79 Å². The number of ether oxygens (including phenoxy) is 8. The molecule has 0 aromatic heterocycles. The van der Waals surface area contributed by atoms with Gasteiger partial charge in [0.05, 0.1) is 54.7 Å². The van der Waals surface area contributed by atoms with Crippen molar-refractivity contribution in [3.8, 4) is 0 Å². The second-order valence-corrected chi connectivity index (χ2v) is 17.8. The second-order valence-electron chi connectivity index (χ2n) is 17.8. The number of esters is 1. The van der Waals surface area contributed by atoms with Crippen LogP contribution in [0.15, 0.2) is 24.3 Å². The maximum Gasteiger partial charge on any atom is 0.308 e. The average Bonchev–Trinajstić information content (AvgIpc) is 3.13. The Hall–Kier alpha value is -1.90. The minimum Gasteiger partial charge on any atom is -0.462 e. The number of aliphatic hydroxyl groups is 4. The highest BCUT2D eigenvalue weighted by Crippen LogP contribution is 2.37. The summed E-state index contributed by atoms with van der Waals surface area (Å²) >= 11 is 0. The van der Waals surface area contributed by atoms with Gasteiger partial charge in [0, 0.05) is 32.4 Å². The minimum atomic E-state index is -1.47. The molecule has 0 spiro atoms. The molecule has 0 amide bonds. The molecule has 0 aliphatic carbocycles. The van der Waals surface area contributed by atoms with Crippen molar-refractivity contribution < 1.29 is 67.9 Å². The zero-order valence-corrected chi connectivity index (χ0v) is 37.0. The van der Waals surface area contributed by atoms with E-state index in [0.29, 0.717) is 19.3 Å². The summed E-state index contributed by atoms with van der Waals surface area (Å²) in [6, 6.07) is -0.466. The van der Waals surface area contributed by atoms with Crippen molar-refractivity contribution in [3.63, 3.8) is 0 Å². The number of methoxy groups -OCH3 is 1. The Morgan fingerprint density at radius 2 is 1.56 bits per heavy atom. The van der Waals surface area contributed by atoms with E-state index in [1.54, 1.807) is 39.8 Å². The van der Waals surface area contributed by atoms with Crippen molar-refractivity contribution in [1.29, 1.82) is 0 Å². The molecule has 0 aromatic carbocycles. The normalized spacial score (nSPS) is 45.8. The SMILES string of the molecule is CO[C@@H]1[C@@H](O[C@@H]2O[C@H](C)[C@H](O[C@@H]3C[C@](C)(O)[C@H](O)[C@H](C)O3)[C@H](N(C)C)[C@@H]2O)[C@@H](CC=O)C[C@@H](C)[C@@H](O[C@@H]2CC[C@H](N(C)C)[C@@H](C)O2)/C=C/C=C\C[C@@H](C)OC(=O)C[C@H]1O. The van der Waals surface area contributed by atoms with Crippen molar-refractivity contribution in [1.82, 2.24) is 9.80 Å². The smallest absolute Gasteiger partial charge is 0.308 e. The molecule has 4 heterocycles. The molecular weight excluding hydrogens is 768 g/mol. The van der Waals surface area contributed by atoms with Gasteiger partial charge in [-0.05, 0) is 93.9 Å². The van der Waals surface area contributed by atoms with E-state index in [0.717, 1.165) is 12.7 Å². The molecule has 0 unspecified atom stereocenters. The Labute approximate surface area is 351 Å². The van der Waals surface area contributed by atoms with Crippen LogP contribution in [0.4, 0.5) is 0 Å². The van der Waals surface area contributed by atoms with Crippen molar-refractivity contribution >= 4 is 12.3 Å². The fraction of sp³-hybridized carbons (Fsp3) is 0.860. The maximum atomic E-state index is 13.1. The Bertz CT molecular complexity index is 1370. The lowest BCUT2D eigenvalue weighted by Gasteiger charge is -2.50. The molecular formula is C43H74N2O14. The van der Waals surface area contributed by atoms with Crippen LogP contribution in [-0.4, -0.2) is 181 Å². The van der Waals surface area contributed by atoms with E-state index in [9.17, 15) is 30.0 Å². The molecule has 16 heteroatoms. The van der Waals surface area contributed by atoms with Gasteiger partial charge in [0.1, 0.15) is 36.8 Å². The summed E-state index contributed by atoms with van der Waals surface area (Å²) in [6.07, 6.45) is -1.56. The number of rotatable bonds is 11. The van der Waals surface area contributed by atoms with E-state index >= 15 is 0 Å². The fourth-order valence-electron chi connectivity index (χ4n) is 9.10. The first-order chi connectivity index (χ1) is 27.8. The van der Waals surface area contributed by atoms with E-state index in [1.807, 2.05) is 52.2 Å². The second kappa shape index (κ2) is 22.5. The average molecular weight is 843 g/mol. The Morgan fingerprint density at radius 3 is 2.17 bits per heavy atom. The van der Waals surface area contributed by atoms with Crippen molar-refractivity contribution in [2.24, 2.45) is 11.8 Å². The number of nitrogens with zero attached hydrogens (tertiary/aromatic N) is 2. The summed E-state index contributed by atoms with van der Waals surface area (Å²) in [5.41, 5.74) is -1.47. The number of likely N-dealkylation sites (N-methyl/N-ethyl adjacent to an activating group) is 2. The first kappa shape index (κ1) is 49.8. The summed E-state index contributed by atoms with van der Waals surface area (Å²) in [4.78, 5) is 29.5. The van der Waals surface area contributed by atoms with E-state index in [4.69, 9.17) is 37.9 Å². The molecule has 59 heavy (non-hydrogen) atoms. The number of aliphatic hydroxyl groups excluding tert-OH is 3. The summed E-state index contributed by atoms with van der Waals surface area (Å²) in [5.74, 6) is -1.47. The number of hydrogen-bond donors (Lipinski definition) is 4. The van der Waals surface area contributed by atoms with Crippen LogP contribution in [0.2, 0.25) is 0 Å². The van der Waals surface area contributed by atoms with Crippen molar-refractivity contribution in [3.05, 3.63) is 24.3 Å². The summed E-state index contributed by atoms with van der Waals surface area (Å²) < 4.78 is 50.0. The summed E-state index contributed by atoms with van der Waals surface area (Å²) in [6.45, 7) is 10.8. The topological polar surface area (TPSA) is 195 Å². The van der Waals surface area contributed by atoms with Gasteiger partial charge in [0.2, 0.25) is 0 Å². The number of cyclic esters (lactones) is 1. The molecule has 4 rings (SSSR count). The zero-order valence-electron chi connectivity index (χ0n) is 37.0. The molecule has 0 saturated carbocycles. The number of hydrogen-bond acceptors (Lipinski definition) is 16. The first-order valence-electron chi connectivity index (χ1n) is 21.3. The van der Waals surface area contributed by atoms with Crippen LogP contribution in [0.3, 0.4) is 0 Å². The largest absolute Gasteiger partial charge is 0.462 e. The lowest BCUT2D eigenvalue weighted by molar-refractivity contribution is -0.344. The molecule has 340 valence electrons. The van der Waals surface area contributed by atoms with Gasteiger partial charge in [-0.1, -0.05) is 31.2 Å². The molecule has 0 aromatic rings. The molecule has 3 saturated heterocycles. The number of allylic oxidation sites excluding steroid dienone is 2. The Kier molecular flexibility index (Phi) is 18.9. The number of aldehydes is 1. The lowest BCUT2D eigenvalue weighted by Crippen LogP contribution is -2.65. The van der Waals surface area contributed by atoms with Crippen LogP contribution < -0.4 is 0 Å². The van der Waals surface area contributed by atoms with Crippen LogP contribution in [0, 0.1) is 11.8 Å². The highest BCUT2D eigenvalue weighted by atomic mass is 16.7. The standard InChI is InChI=1S/C43H74N2O14/c1-24-21-29(19-20-46)39(59-42-37(49)36(45(9)10)38(27(4)56-42)58-35-23-43(6,51)41(50)28(5)55-35)40(52-11)31(47)22-33(48)53-25(2)15-13-12-14-16-32(24)57-34-18-17-30(44(7)8)26(3)54-34/h12-14,16,20,24-32,34-42,47,49-51H,15,17-19,21-23H2,1-11H3/b13-12-,16-14+/t24-,25-,26-,27-,28+,29+,30+,31-,32+,34-,35-,36-,37+,38+,39+,40+,41-,42+,43+/m1/s1. The molecule has 4 aliphatic rings. The van der Waals surface area contributed by atoms with Crippen LogP contribution in [0.5, 0.6) is 0 Å². The van der Waals surface area contributed by atoms with E-state index in [-0.39, 0.29) is 30.9 Å². The third kappa shape index (κ3) is 13.3. The number of carbonyl (C=O) groups excluding carboxylic acids is 2. The predicted molar refractivity (Wildman–Crippen MR) is 217 cm³/mol. The summed E-state index contributed by atoms with van der Waals surface area (Å²) in [7, 11) is 9.03. The number of carbonyl (C=O) groups is 2. The molecule has 0 bridgehead atoms. The predicted octanol–water partition coefficient (Wildman–Crippen LogP) is 2.33. The van der Waals surface area contributed by atoms with Crippen LogP contribution in [0.1, 0.15) is 86.5 Å². The molecule has 4 aliphatic heterocycles. The maximum absolute atomic E-state index is 13.1.